The summed E-state index contributed by atoms with van der Waals surface area (Å²) in [6, 6.07) is 6.78. The van der Waals surface area contributed by atoms with Crippen LogP contribution in [0.2, 0.25) is 0 Å². The van der Waals surface area contributed by atoms with Crippen molar-refractivity contribution in [1.29, 1.82) is 0 Å². The third-order valence-electron chi connectivity index (χ3n) is 7.56. The van der Waals surface area contributed by atoms with Gasteiger partial charge in [0, 0.05) is 74.1 Å². The number of hydrogen-bond acceptors (Lipinski definition) is 4. The molecular formula is C25H34N4O2. The highest BCUT2D eigenvalue weighted by Crippen LogP contribution is 2.49. The summed E-state index contributed by atoms with van der Waals surface area (Å²) in [6.07, 6.45) is 9.37. The third kappa shape index (κ3) is 3.28. The van der Waals surface area contributed by atoms with Crippen molar-refractivity contribution in [3.8, 4) is 5.75 Å². The summed E-state index contributed by atoms with van der Waals surface area (Å²) < 4.78 is 9.88. The number of benzene rings is 1. The Balaban J connectivity index is 1.46. The van der Waals surface area contributed by atoms with E-state index in [-0.39, 0.29) is 11.8 Å². The van der Waals surface area contributed by atoms with Gasteiger partial charge in [-0.3, -0.25) is 4.90 Å². The van der Waals surface area contributed by atoms with E-state index in [0.29, 0.717) is 6.04 Å². The fourth-order valence-corrected chi connectivity index (χ4v) is 6.01. The van der Waals surface area contributed by atoms with Crippen LogP contribution in [0.25, 0.3) is 10.9 Å². The molecule has 0 unspecified atom stereocenters. The SMILES string of the molecule is COc1ccc2c(c1)c(CN1C[C@H]3CCC[C@H](C1)C3(O)c1nccn1C)cn2C(C)C. The molecule has 0 spiro atoms. The third-order valence-corrected chi connectivity index (χ3v) is 7.56. The average Bonchev–Trinajstić information content (AvgIpc) is 3.32. The number of piperidine rings is 1. The van der Waals surface area contributed by atoms with E-state index in [2.05, 4.69) is 46.6 Å². The highest BCUT2D eigenvalue weighted by molar-refractivity contribution is 5.85. The minimum absolute atomic E-state index is 0.217. The number of methoxy groups -OCH3 is 1. The zero-order valence-electron chi connectivity index (χ0n) is 19.1. The van der Waals surface area contributed by atoms with Gasteiger partial charge in [-0.25, -0.2) is 4.98 Å². The Bertz CT molecular complexity index is 1070. The molecule has 0 amide bonds. The lowest BCUT2D eigenvalue weighted by atomic mass is 9.65. The molecule has 2 aliphatic rings. The average molecular weight is 423 g/mol. The minimum Gasteiger partial charge on any atom is -0.497 e. The van der Waals surface area contributed by atoms with E-state index in [1.165, 1.54) is 22.9 Å². The van der Waals surface area contributed by atoms with E-state index in [4.69, 9.17) is 4.74 Å². The maximum absolute atomic E-state index is 11.9. The first-order valence-corrected chi connectivity index (χ1v) is 11.5. The van der Waals surface area contributed by atoms with Crippen LogP contribution in [-0.4, -0.2) is 44.3 Å². The molecule has 2 aromatic heterocycles. The van der Waals surface area contributed by atoms with Gasteiger partial charge < -0.3 is 19.0 Å². The molecule has 2 bridgehead atoms. The largest absolute Gasteiger partial charge is 0.497 e. The van der Waals surface area contributed by atoms with Crippen molar-refractivity contribution in [3.05, 3.63) is 48.2 Å². The first-order chi connectivity index (χ1) is 14.9. The predicted molar refractivity (Wildman–Crippen MR) is 122 cm³/mol. The Kier molecular flexibility index (Phi) is 5.10. The highest BCUT2D eigenvalue weighted by atomic mass is 16.5. The van der Waals surface area contributed by atoms with Crippen molar-refractivity contribution in [1.82, 2.24) is 19.0 Å². The molecule has 0 radical (unpaired) electrons. The minimum atomic E-state index is -0.817. The van der Waals surface area contributed by atoms with Crippen molar-refractivity contribution in [2.45, 2.75) is 51.3 Å². The molecule has 6 heteroatoms. The van der Waals surface area contributed by atoms with Gasteiger partial charge in [-0.2, -0.15) is 0 Å². The van der Waals surface area contributed by atoms with Crippen molar-refractivity contribution >= 4 is 10.9 Å². The number of fused-ring (bicyclic) bond motifs is 3. The maximum atomic E-state index is 11.9. The molecule has 3 aromatic rings. The first-order valence-electron chi connectivity index (χ1n) is 11.5. The fraction of sp³-hybridized carbons (Fsp3) is 0.560. The van der Waals surface area contributed by atoms with Gasteiger partial charge in [0.15, 0.2) is 0 Å². The Hall–Kier alpha value is -2.31. The van der Waals surface area contributed by atoms with Crippen molar-refractivity contribution < 1.29 is 9.84 Å². The maximum Gasteiger partial charge on any atom is 0.141 e. The molecule has 1 N–H and O–H groups in total. The number of likely N-dealkylation sites (tertiary alicyclic amines) is 1. The van der Waals surface area contributed by atoms with Crippen LogP contribution in [-0.2, 0) is 19.2 Å². The standard InChI is InChI=1S/C25H34N4O2/c1-17(2)29-14-18(22-12-21(31-4)8-9-23(22)29)13-28-15-19-6-5-7-20(16-28)25(19,30)24-26-10-11-27(24)3/h8-12,14,17,19-20,30H,5-7,13,15-16H2,1-4H3/t19-,20-/m1/s1. The smallest absolute Gasteiger partial charge is 0.141 e. The predicted octanol–water partition coefficient (Wildman–Crippen LogP) is 4.08. The van der Waals surface area contributed by atoms with Crippen LogP contribution < -0.4 is 4.74 Å². The lowest BCUT2D eigenvalue weighted by Crippen LogP contribution is -2.58. The zero-order chi connectivity index (χ0) is 21.8. The van der Waals surface area contributed by atoms with Crippen LogP contribution >= 0.6 is 0 Å². The zero-order valence-corrected chi connectivity index (χ0v) is 19.1. The van der Waals surface area contributed by atoms with E-state index in [1.807, 2.05) is 30.1 Å². The normalized spacial score (nSPS) is 26.6. The molecule has 6 nitrogen and oxygen atoms in total. The summed E-state index contributed by atoms with van der Waals surface area (Å²) >= 11 is 0. The fourth-order valence-electron chi connectivity index (χ4n) is 6.01. The number of ether oxygens (including phenoxy) is 1. The molecule has 31 heavy (non-hydrogen) atoms. The number of nitrogens with zero attached hydrogens (tertiary/aromatic N) is 4. The van der Waals surface area contributed by atoms with Crippen LogP contribution in [0.1, 0.15) is 50.5 Å². The lowest BCUT2D eigenvalue weighted by Gasteiger charge is -2.52. The second-order valence-electron chi connectivity index (χ2n) is 9.74. The number of imidazole rings is 1. The van der Waals surface area contributed by atoms with Crippen LogP contribution in [0.4, 0.5) is 0 Å². The Morgan fingerprint density at radius 3 is 2.58 bits per heavy atom. The summed E-state index contributed by atoms with van der Waals surface area (Å²) in [5.41, 5.74) is 1.78. The van der Waals surface area contributed by atoms with Crippen LogP contribution in [0, 0.1) is 11.8 Å². The topological polar surface area (TPSA) is 55.5 Å². The van der Waals surface area contributed by atoms with Crippen LogP contribution in [0.3, 0.4) is 0 Å². The van der Waals surface area contributed by atoms with E-state index in [1.54, 1.807) is 7.11 Å². The van der Waals surface area contributed by atoms with Gasteiger partial charge in [-0.1, -0.05) is 6.42 Å². The number of hydrogen-bond donors (Lipinski definition) is 1. The molecule has 2 atom stereocenters. The quantitative estimate of drug-likeness (QED) is 0.673. The van der Waals surface area contributed by atoms with Gasteiger partial charge in [0.1, 0.15) is 17.2 Å². The van der Waals surface area contributed by atoms with E-state index >= 15 is 0 Å². The Morgan fingerprint density at radius 1 is 1.23 bits per heavy atom. The monoisotopic (exact) mass is 422 g/mol. The second-order valence-corrected chi connectivity index (χ2v) is 9.74. The Labute approximate surface area is 184 Å². The number of aryl methyl sites for hydroxylation is 1. The summed E-state index contributed by atoms with van der Waals surface area (Å²) in [5.74, 6) is 2.17. The van der Waals surface area contributed by atoms with Crippen LogP contribution in [0.15, 0.2) is 36.8 Å². The molecule has 1 saturated heterocycles. The van der Waals surface area contributed by atoms with Gasteiger partial charge in [0.05, 0.1) is 7.11 Å². The van der Waals surface area contributed by atoms with E-state index in [9.17, 15) is 5.11 Å². The number of aliphatic hydroxyl groups is 1. The second kappa shape index (κ2) is 7.68. The van der Waals surface area contributed by atoms with Crippen molar-refractivity contribution in [2.75, 3.05) is 20.2 Å². The summed E-state index contributed by atoms with van der Waals surface area (Å²) in [6.45, 7) is 7.15. The molecule has 1 aliphatic heterocycles. The Morgan fingerprint density at radius 2 is 1.97 bits per heavy atom. The molecule has 1 aromatic carbocycles. The van der Waals surface area contributed by atoms with Crippen molar-refractivity contribution in [3.63, 3.8) is 0 Å². The lowest BCUT2D eigenvalue weighted by molar-refractivity contribution is -0.155. The molecule has 5 rings (SSSR count). The van der Waals surface area contributed by atoms with Crippen LogP contribution in [0.5, 0.6) is 5.75 Å². The van der Waals surface area contributed by atoms with Gasteiger partial charge in [-0.05, 0) is 50.5 Å². The molecule has 2 fully saturated rings. The van der Waals surface area contributed by atoms with Gasteiger partial charge in [0.25, 0.3) is 0 Å². The van der Waals surface area contributed by atoms with E-state index in [0.717, 1.165) is 44.0 Å². The summed E-state index contributed by atoms with van der Waals surface area (Å²) in [7, 11) is 3.72. The summed E-state index contributed by atoms with van der Waals surface area (Å²) in [5, 5.41) is 13.1. The van der Waals surface area contributed by atoms with E-state index < -0.39 is 5.60 Å². The molecule has 166 valence electrons. The molecular weight excluding hydrogens is 388 g/mol. The molecule has 1 saturated carbocycles. The number of rotatable bonds is 5. The molecule has 1 aliphatic carbocycles. The highest BCUT2D eigenvalue weighted by Gasteiger charge is 2.53. The number of aromatic nitrogens is 3. The first kappa shape index (κ1) is 20.6. The summed E-state index contributed by atoms with van der Waals surface area (Å²) in [4.78, 5) is 7.11. The van der Waals surface area contributed by atoms with Gasteiger partial charge in [-0.15, -0.1) is 0 Å². The van der Waals surface area contributed by atoms with Gasteiger partial charge in [0.2, 0.25) is 0 Å². The van der Waals surface area contributed by atoms with Gasteiger partial charge >= 0.3 is 0 Å². The molecule has 3 heterocycles. The van der Waals surface area contributed by atoms with Crippen molar-refractivity contribution in [2.24, 2.45) is 18.9 Å².